The summed E-state index contributed by atoms with van der Waals surface area (Å²) in [5.41, 5.74) is 9.68. The van der Waals surface area contributed by atoms with Crippen molar-refractivity contribution in [2.24, 2.45) is 5.73 Å². The fourth-order valence-corrected chi connectivity index (χ4v) is 2.37. The molecular formula is C17H21N5. The Morgan fingerprint density at radius 1 is 1.14 bits per heavy atom. The van der Waals surface area contributed by atoms with Gasteiger partial charge in [0.25, 0.3) is 0 Å². The van der Waals surface area contributed by atoms with Crippen LogP contribution in [0.15, 0.2) is 42.6 Å². The number of aromatic nitrogens is 3. The number of unbranched alkanes of at least 4 members (excludes halogenated alkanes) is 1. The summed E-state index contributed by atoms with van der Waals surface area (Å²) in [6.07, 6.45) is 4.16. The third kappa shape index (κ3) is 2.94. The highest BCUT2D eigenvalue weighted by atomic mass is 15.3. The summed E-state index contributed by atoms with van der Waals surface area (Å²) in [6.45, 7) is 3.67. The number of hydrogen-bond acceptors (Lipinski definition) is 4. The van der Waals surface area contributed by atoms with Crippen molar-refractivity contribution in [3.05, 3.63) is 48.2 Å². The molecule has 3 rings (SSSR count). The van der Waals surface area contributed by atoms with Crippen LogP contribution in [-0.4, -0.2) is 21.1 Å². The SMILES string of the molecule is CCCCNc1ccc2ncc(-c3ccc(CN)cc3)n2n1. The van der Waals surface area contributed by atoms with Crippen molar-refractivity contribution in [2.75, 3.05) is 11.9 Å². The van der Waals surface area contributed by atoms with E-state index in [1.807, 2.05) is 35.0 Å². The van der Waals surface area contributed by atoms with Crippen molar-refractivity contribution in [1.29, 1.82) is 0 Å². The number of nitrogens with zero attached hydrogens (tertiary/aromatic N) is 3. The van der Waals surface area contributed by atoms with E-state index in [4.69, 9.17) is 5.73 Å². The van der Waals surface area contributed by atoms with E-state index in [1.54, 1.807) is 0 Å². The molecule has 0 fully saturated rings. The molecule has 22 heavy (non-hydrogen) atoms. The fraction of sp³-hybridized carbons (Fsp3) is 0.294. The van der Waals surface area contributed by atoms with Gasteiger partial charge in [0, 0.05) is 18.7 Å². The zero-order valence-electron chi connectivity index (χ0n) is 12.8. The molecule has 114 valence electrons. The first-order chi connectivity index (χ1) is 10.8. The molecule has 0 unspecified atom stereocenters. The number of benzene rings is 1. The maximum atomic E-state index is 5.65. The van der Waals surface area contributed by atoms with Crippen molar-refractivity contribution in [1.82, 2.24) is 14.6 Å². The second-order valence-electron chi connectivity index (χ2n) is 5.31. The zero-order chi connectivity index (χ0) is 15.4. The van der Waals surface area contributed by atoms with Gasteiger partial charge < -0.3 is 11.1 Å². The monoisotopic (exact) mass is 295 g/mol. The maximum absolute atomic E-state index is 5.65. The Morgan fingerprint density at radius 2 is 1.95 bits per heavy atom. The quantitative estimate of drug-likeness (QED) is 0.686. The van der Waals surface area contributed by atoms with Crippen LogP contribution in [0.1, 0.15) is 25.3 Å². The summed E-state index contributed by atoms with van der Waals surface area (Å²) in [4.78, 5) is 4.42. The Labute approximate surface area is 130 Å². The van der Waals surface area contributed by atoms with E-state index in [0.717, 1.165) is 41.3 Å². The van der Waals surface area contributed by atoms with Crippen LogP contribution in [0, 0.1) is 0 Å². The average Bonchev–Trinajstić information content (AvgIpc) is 2.98. The lowest BCUT2D eigenvalue weighted by Gasteiger charge is -2.07. The molecule has 0 saturated carbocycles. The highest BCUT2D eigenvalue weighted by Gasteiger charge is 2.08. The molecule has 0 spiro atoms. The van der Waals surface area contributed by atoms with Gasteiger partial charge >= 0.3 is 0 Å². The van der Waals surface area contributed by atoms with Crippen molar-refractivity contribution >= 4 is 11.5 Å². The van der Waals surface area contributed by atoms with E-state index in [1.165, 1.54) is 6.42 Å². The van der Waals surface area contributed by atoms with Gasteiger partial charge in [-0.1, -0.05) is 37.6 Å². The Hall–Kier alpha value is -2.40. The van der Waals surface area contributed by atoms with Gasteiger partial charge in [-0.2, -0.15) is 0 Å². The summed E-state index contributed by atoms with van der Waals surface area (Å²) in [6, 6.07) is 12.2. The van der Waals surface area contributed by atoms with Crippen LogP contribution in [0.4, 0.5) is 5.82 Å². The van der Waals surface area contributed by atoms with Gasteiger partial charge in [0.2, 0.25) is 0 Å². The zero-order valence-corrected chi connectivity index (χ0v) is 12.8. The van der Waals surface area contributed by atoms with E-state index in [9.17, 15) is 0 Å². The summed E-state index contributed by atoms with van der Waals surface area (Å²) in [5.74, 6) is 0.874. The molecule has 0 amide bonds. The van der Waals surface area contributed by atoms with Gasteiger partial charge in [0.05, 0.1) is 11.9 Å². The van der Waals surface area contributed by atoms with E-state index in [-0.39, 0.29) is 0 Å². The highest BCUT2D eigenvalue weighted by molar-refractivity contribution is 5.63. The van der Waals surface area contributed by atoms with Crippen molar-refractivity contribution < 1.29 is 0 Å². The summed E-state index contributed by atoms with van der Waals surface area (Å²) >= 11 is 0. The van der Waals surface area contributed by atoms with Gasteiger partial charge in [0.15, 0.2) is 5.65 Å². The van der Waals surface area contributed by atoms with Gasteiger partial charge in [-0.15, -0.1) is 5.10 Å². The van der Waals surface area contributed by atoms with Crippen LogP contribution < -0.4 is 11.1 Å². The first-order valence-corrected chi connectivity index (χ1v) is 7.70. The second-order valence-corrected chi connectivity index (χ2v) is 5.31. The van der Waals surface area contributed by atoms with Gasteiger partial charge in [0.1, 0.15) is 5.82 Å². The minimum Gasteiger partial charge on any atom is -0.369 e. The number of hydrogen-bond donors (Lipinski definition) is 2. The summed E-state index contributed by atoms with van der Waals surface area (Å²) < 4.78 is 1.88. The molecule has 3 N–H and O–H groups in total. The normalized spacial score (nSPS) is 11.0. The average molecular weight is 295 g/mol. The molecule has 3 aromatic rings. The Kier molecular flexibility index (Phi) is 4.34. The van der Waals surface area contributed by atoms with Crippen LogP contribution in [0.2, 0.25) is 0 Å². The molecule has 2 heterocycles. The molecule has 0 aliphatic heterocycles. The van der Waals surface area contributed by atoms with Crippen molar-refractivity contribution in [3.63, 3.8) is 0 Å². The molecule has 0 aliphatic rings. The Morgan fingerprint density at radius 3 is 2.68 bits per heavy atom. The van der Waals surface area contributed by atoms with Crippen LogP contribution in [0.3, 0.4) is 0 Å². The molecular weight excluding hydrogens is 274 g/mol. The van der Waals surface area contributed by atoms with Crippen molar-refractivity contribution in [3.8, 4) is 11.3 Å². The topological polar surface area (TPSA) is 68.2 Å². The van der Waals surface area contributed by atoms with E-state index >= 15 is 0 Å². The largest absolute Gasteiger partial charge is 0.369 e. The fourth-order valence-electron chi connectivity index (χ4n) is 2.37. The smallest absolute Gasteiger partial charge is 0.154 e. The van der Waals surface area contributed by atoms with Crippen molar-refractivity contribution in [2.45, 2.75) is 26.3 Å². The Balaban J connectivity index is 1.93. The lowest BCUT2D eigenvalue weighted by molar-refractivity contribution is 0.823. The second kappa shape index (κ2) is 6.58. The van der Waals surface area contributed by atoms with Gasteiger partial charge in [-0.05, 0) is 24.1 Å². The predicted octanol–water partition coefficient (Wildman–Crippen LogP) is 3.07. The minimum atomic E-state index is 0.553. The van der Waals surface area contributed by atoms with Crippen LogP contribution in [0.25, 0.3) is 16.9 Å². The number of anilines is 1. The van der Waals surface area contributed by atoms with Crippen LogP contribution in [0.5, 0.6) is 0 Å². The maximum Gasteiger partial charge on any atom is 0.154 e. The molecule has 5 nitrogen and oxygen atoms in total. The molecule has 2 aromatic heterocycles. The van der Waals surface area contributed by atoms with Gasteiger partial charge in [-0.25, -0.2) is 9.50 Å². The number of nitrogens with one attached hydrogen (secondary N) is 1. The molecule has 0 atom stereocenters. The molecule has 0 bridgehead atoms. The molecule has 5 heteroatoms. The number of fused-ring (bicyclic) bond motifs is 1. The van der Waals surface area contributed by atoms with E-state index in [0.29, 0.717) is 6.54 Å². The standard InChI is InChI=1S/C17H21N5/c1-2-3-10-19-16-8-9-17-20-12-15(22(17)21-16)14-6-4-13(11-18)5-7-14/h4-9,12H,2-3,10-11,18H2,1H3,(H,19,21). The number of nitrogens with two attached hydrogens (primary N) is 1. The van der Waals surface area contributed by atoms with Crippen LogP contribution in [-0.2, 0) is 6.54 Å². The van der Waals surface area contributed by atoms with E-state index in [2.05, 4.69) is 34.5 Å². The molecule has 0 radical (unpaired) electrons. The first kappa shape index (κ1) is 14.5. The number of rotatable bonds is 6. The predicted molar refractivity (Wildman–Crippen MR) is 89.7 cm³/mol. The molecule has 1 aromatic carbocycles. The third-order valence-corrected chi connectivity index (χ3v) is 3.68. The lowest BCUT2D eigenvalue weighted by Crippen LogP contribution is -2.05. The third-order valence-electron chi connectivity index (χ3n) is 3.68. The summed E-state index contributed by atoms with van der Waals surface area (Å²) in [5, 5.41) is 7.99. The minimum absolute atomic E-state index is 0.553. The summed E-state index contributed by atoms with van der Waals surface area (Å²) in [7, 11) is 0. The Bertz CT molecular complexity index is 745. The number of imidazole rings is 1. The van der Waals surface area contributed by atoms with E-state index < -0.39 is 0 Å². The molecule has 0 aliphatic carbocycles. The highest BCUT2D eigenvalue weighted by Crippen LogP contribution is 2.21. The first-order valence-electron chi connectivity index (χ1n) is 7.70. The van der Waals surface area contributed by atoms with Crippen LogP contribution >= 0.6 is 0 Å². The lowest BCUT2D eigenvalue weighted by atomic mass is 10.1. The molecule has 0 saturated heterocycles. The van der Waals surface area contributed by atoms with Gasteiger partial charge in [-0.3, -0.25) is 0 Å².